The van der Waals surface area contributed by atoms with Crippen molar-refractivity contribution in [2.24, 2.45) is 0 Å². The Balaban J connectivity index is 1.45. The molecule has 1 saturated carbocycles. The van der Waals surface area contributed by atoms with Crippen LogP contribution in [0.4, 0.5) is 0 Å². The summed E-state index contributed by atoms with van der Waals surface area (Å²) in [6.07, 6.45) is 2.82. The van der Waals surface area contributed by atoms with E-state index in [1.54, 1.807) is 0 Å². The van der Waals surface area contributed by atoms with E-state index >= 15 is 0 Å². The third-order valence-electron chi connectivity index (χ3n) is 4.60. The molecule has 1 aromatic rings. The first kappa shape index (κ1) is 15.8. The minimum absolute atomic E-state index is 0.150. The van der Waals surface area contributed by atoms with Crippen molar-refractivity contribution >= 4 is 17.5 Å². The summed E-state index contributed by atoms with van der Waals surface area (Å²) in [6.45, 7) is 5.40. The molecule has 1 N–H and O–H groups in total. The Hall–Kier alpha value is -1.10. The van der Waals surface area contributed by atoms with Crippen LogP contribution < -0.4 is 5.32 Å². The van der Waals surface area contributed by atoms with Crippen LogP contribution in [0.15, 0.2) is 24.3 Å². The molecule has 0 unspecified atom stereocenters. The Morgan fingerprint density at radius 3 is 2.77 bits per heavy atom. The topological polar surface area (TPSA) is 41.6 Å². The molecule has 1 aliphatic heterocycles. The second kappa shape index (κ2) is 6.99. The molecule has 120 valence electrons. The number of morpholine rings is 1. The summed E-state index contributed by atoms with van der Waals surface area (Å²) in [5.41, 5.74) is 0.717. The van der Waals surface area contributed by atoms with Crippen LogP contribution >= 0.6 is 11.6 Å². The fraction of sp³-hybridized carbons (Fsp3) is 0.588. The number of carbonyl (C=O) groups is 1. The van der Waals surface area contributed by atoms with Gasteiger partial charge in [0.05, 0.1) is 18.6 Å². The molecular weight excluding hydrogens is 300 g/mol. The zero-order valence-electron chi connectivity index (χ0n) is 12.8. The second-order valence-electron chi connectivity index (χ2n) is 6.16. The zero-order chi connectivity index (χ0) is 15.4. The Labute approximate surface area is 136 Å². The number of rotatable bonds is 6. The molecule has 1 aliphatic carbocycles. The van der Waals surface area contributed by atoms with Gasteiger partial charge in [-0.15, -0.1) is 0 Å². The highest BCUT2D eigenvalue weighted by Crippen LogP contribution is 2.48. The van der Waals surface area contributed by atoms with Crippen molar-refractivity contribution in [2.45, 2.75) is 24.7 Å². The maximum Gasteiger partial charge on any atom is 0.230 e. The van der Waals surface area contributed by atoms with Crippen molar-refractivity contribution in [3.05, 3.63) is 34.9 Å². The Bertz CT molecular complexity index is 525. The molecule has 5 heteroatoms. The number of hydrogen-bond donors (Lipinski definition) is 1. The van der Waals surface area contributed by atoms with Crippen LogP contribution in [-0.2, 0) is 14.9 Å². The summed E-state index contributed by atoms with van der Waals surface area (Å²) in [7, 11) is 0. The summed E-state index contributed by atoms with van der Waals surface area (Å²) in [6, 6.07) is 7.69. The molecule has 0 aromatic heterocycles. The molecular formula is C17H23ClN2O2. The number of ether oxygens (including phenoxy) is 1. The van der Waals surface area contributed by atoms with Crippen LogP contribution in [0.5, 0.6) is 0 Å². The SMILES string of the molecule is O=C(NCCCN1CCOCC1)C1(c2cccc(Cl)c2)CC1. The average Bonchev–Trinajstić information content (AvgIpc) is 3.34. The van der Waals surface area contributed by atoms with Gasteiger partial charge >= 0.3 is 0 Å². The molecule has 0 atom stereocenters. The number of nitrogens with one attached hydrogen (secondary N) is 1. The molecule has 0 bridgehead atoms. The second-order valence-corrected chi connectivity index (χ2v) is 6.59. The highest BCUT2D eigenvalue weighted by molar-refractivity contribution is 6.30. The standard InChI is InChI=1S/C17H23ClN2O2/c18-15-4-1-3-14(13-15)17(5-6-17)16(21)19-7-2-8-20-9-11-22-12-10-20/h1,3-4,13H,2,5-12H2,(H,19,21). The largest absolute Gasteiger partial charge is 0.379 e. The molecule has 2 aliphatic rings. The molecule has 3 rings (SSSR count). The van der Waals surface area contributed by atoms with Gasteiger partial charge in [0.25, 0.3) is 0 Å². The zero-order valence-corrected chi connectivity index (χ0v) is 13.6. The van der Waals surface area contributed by atoms with E-state index in [0.717, 1.165) is 64.2 Å². The predicted octanol–water partition coefficient (Wildman–Crippen LogP) is 2.21. The highest BCUT2D eigenvalue weighted by atomic mass is 35.5. The van der Waals surface area contributed by atoms with Crippen molar-refractivity contribution in [3.63, 3.8) is 0 Å². The van der Waals surface area contributed by atoms with Gasteiger partial charge in [0, 0.05) is 24.7 Å². The summed E-state index contributed by atoms with van der Waals surface area (Å²) >= 11 is 6.05. The summed E-state index contributed by atoms with van der Waals surface area (Å²) in [5.74, 6) is 0.150. The number of halogens is 1. The van der Waals surface area contributed by atoms with Crippen molar-refractivity contribution in [1.82, 2.24) is 10.2 Å². The first-order chi connectivity index (χ1) is 10.7. The predicted molar refractivity (Wildman–Crippen MR) is 87.2 cm³/mol. The summed E-state index contributed by atoms with van der Waals surface area (Å²) in [4.78, 5) is 14.9. The van der Waals surface area contributed by atoms with Crippen molar-refractivity contribution < 1.29 is 9.53 Å². The van der Waals surface area contributed by atoms with Crippen LogP contribution in [0.1, 0.15) is 24.8 Å². The smallest absolute Gasteiger partial charge is 0.230 e. The first-order valence-corrected chi connectivity index (χ1v) is 8.43. The number of carbonyl (C=O) groups excluding carboxylic acids is 1. The van der Waals surface area contributed by atoms with Gasteiger partial charge in [0.2, 0.25) is 5.91 Å². The van der Waals surface area contributed by atoms with E-state index in [1.807, 2.05) is 24.3 Å². The number of benzene rings is 1. The van der Waals surface area contributed by atoms with Crippen molar-refractivity contribution in [3.8, 4) is 0 Å². The third kappa shape index (κ3) is 3.62. The van der Waals surface area contributed by atoms with Crippen molar-refractivity contribution in [2.75, 3.05) is 39.4 Å². The summed E-state index contributed by atoms with van der Waals surface area (Å²) in [5, 5.41) is 3.80. The minimum atomic E-state index is -0.329. The van der Waals surface area contributed by atoms with Crippen LogP contribution in [0.3, 0.4) is 0 Å². The maximum atomic E-state index is 12.5. The van der Waals surface area contributed by atoms with E-state index in [1.165, 1.54) is 0 Å². The van der Waals surface area contributed by atoms with Crippen LogP contribution in [-0.4, -0.2) is 50.2 Å². The molecule has 0 spiro atoms. The highest BCUT2D eigenvalue weighted by Gasteiger charge is 2.51. The minimum Gasteiger partial charge on any atom is -0.379 e. The number of nitrogens with zero attached hydrogens (tertiary/aromatic N) is 1. The van der Waals surface area contributed by atoms with Gasteiger partial charge < -0.3 is 10.1 Å². The van der Waals surface area contributed by atoms with Gasteiger partial charge in [-0.25, -0.2) is 0 Å². The molecule has 0 radical (unpaired) electrons. The van der Waals surface area contributed by atoms with E-state index in [0.29, 0.717) is 5.02 Å². The average molecular weight is 323 g/mol. The molecule has 1 amide bonds. The van der Waals surface area contributed by atoms with Crippen LogP contribution in [0, 0.1) is 0 Å². The molecule has 2 fully saturated rings. The Morgan fingerprint density at radius 2 is 2.09 bits per heavy atom. The lowest BCUT2D eigenvalue weighted by molar-refractivity contribution is -0.123. The van der Waals surface area contributed by atoms with Gasteiger partial charge in [-0.3, -0.25) is 9.69 Å². The lowest BCUT2D eigenvalue weighted by atomic mass is 9.95. The van der Waals surface area contributed by atoms with Crippen LogP contribution in [0.2, 0.25) is 5.02 Å². The van der Waals surface area contributed by atoms with E-state index in [-0.39, 0.29) is 11.3 Å². The quantitative estimate of drug-likeness (QED) is 0.816. The third-order valence-corrected chi connectivity index (χ3v) is 4.84. The van der Waals surface area contributed by atoms with Gasteiger partial charge in [-0.05, 0) is 43.5 Å². The van der Waals surface area contributed by atoms with Gasteiger partial charge in [0.1, 0.15) is 0 Å². The molecule has 1 saturated heterocycles. The maximum absolute atomic E-state index is 12.5. The van der Waals surface area contributed by atoms with Gasteiger partial charge in [0.15, 0.2) is 0 Å². The van der Waals surface area contributed by atoms with E-state index in [9.17, 15) is 4.79 Å². The normalized spacial score (nSPS) is 20.6. The number of amides is 1. The van der Waals surface area contributed by atoms with Gasteiger partial charge in [-0.2, -0.15) is 0 Å². The molecule has 4 nitrogen and oxygen atoms in total. The number of hydrogen-bond acceptors (Lipinski definition) is 3. The van der Waals surface area contributed by atoms with Crippen molar-refractivity contribution in [1.29, 1.82) is 0 Å². The summed E-state index contributed by atoms with van der Waals surface area (Å²) < 4.78 is 5.33. The first-order valence-electron chi connectivity index (χ1n) is 8.05. The van der Waals surface area contributed by atoms with Gasteiger partial charge in [-0.1, -0.05) is 23.7 Å². The van der Waals surface area contributed by atoms with Crippen LogP contribution in [0.25, 0.3) is 0 Å². The molecule has 22 heavy (non-hydrogen) atoms. The molecule has 1 heterocycles. The Kier molecular flexibility index (Phi) is 5.01. The lowest BCUT2D eigenvalue weighted by Crippen LogP contribution is -2.39. The monoisotopic (exact) mass is 322 g/mol. The molecule has 1 aromatic carbocycles. The Morgan fingerprint density at radius 1 is 1.32 bits per heavy atom. The fourth-order valence-electron chi connectivity index (χ4n) is 3.06. The fourth-order valence-corrected chi connectivity index (χ4v) is 3.25. The van der Waals surface area contributed by atoms with E-state index in [4.69, 9.17) is 16.3 Å². The van der Waals surface area contributed by atoms with E-state index < -0.39 is 0 Å². The van der Waals surface area contributed by atoms with E-state index in [2.05, 4.69) is 10.2 Å². The lowest BCUT2D eigenvalue weighted by Gasteiger charge is -2.26.